The van der Waals surface area contributed by atoms with Crippen molar-refractivity contribution >= 4 is 56.5 Å². The Kier molecular flexibility index (Phi) is 7.47. The number of amides is 2. The summed E-state index contributed by atoms with van der Waals surface area (Å²) < 4.78 is 29.1. The molecule has 0 spiro atoms. The van der Waals surface area contributed by atoms with Crippen LogP contribution in [0.15, 0.2) is 47.4 Å². The van der Waals surface area contributed by atoms with Gasteiger partial charge in [0.05, 0.1) is 16.5 Å². The molecule has 2 saturated heterocycles. The largest absolute Gasteiger partial charge is 0.333 e. The van der Waals surface area contributed by atoms with Crippen LogP contribution in [0.3, 0.4) is 0 Å². The minimum absolute atomic E-state index is 0.0443. The van der Waals surface area contributed by atoms with E-state index < -0.39 is 32.8 Å². The van der Waals surface area contributed by atoms with E-state index in [2.05, 4.69) is 5.32 Å². The molecule has 5 rings (SSSR count). The van der Waals surface area contributed by atoms with E-state index in [-0.39, 0.29) is 41.4 Å². The van der Waals surface area contributed by atoms with Crippen molar-refractivity contribution in [1.29, 1.82) is 0 Å². The number of sulfone groups is 1. The summed E-state index contributed by atoms with van der Waals surface area (Å²) in [6.45, 7) is -0.103. The van der Waals surface area contributed by atoms with Gasteiger partial charge in [0, 0.05) is 29.1 Å². The Morgan fingerprint density at radius 2 is 1.66 bits per heavy atom. The predicted octanol–water partition coefficient (Wildman–Crippen LogP) is 3.44. The molecule has 0 bridgehead atoms. The van der Waals surface area contributed by atoms with Crippen LogP contribution < -0.4 is 5.32 Å². The van der Waals surface area contributed by atoms with E-state index in [0.717, 1.165) is 24.8 Å². The van der Waals surface area contributed by atoms with Gasteiger partial charge in [-0.05, 0) is 69.3 Å². The van der Waals surface area contributed by atoms with Crippen molar-refractivity contribution in [3.05, 3.63) is 63.1 Å². The fourth-order valence-electron chi connectivity index (χ4n) is 5.53. The van der Waals surface area contributed by atoms with Crippen molar-refractivity contribution in [2.45, 2.75) is 53.7 Å². The van der Waals surface area contributed by atoms with Crippen LogP contribution in [0.2, 0.25) is 15.1 Å². The third-order valence-corrected chi connectivity index (χ3v) is 11.1. The lowest BCUT2D eigenvalue weighted by molar-refractivity contribution is -0.171. The van der Waals surface area contributed by atoms with Crippen LogP contribution in [0.1, 0.15) is 24.8 Å². The van der Waals surface area contributed by atoms with Crippen LogP contribution in [0, 0.1) is 0 Å². The second kappa shape index (κ2) is 10.3. The lowest BCUT2D eigenvalue weighted by Crippen LogP contribution is -2.84. The highest BCUT2D eigenvalue weighted by atomic mass is 35.5. The molecule has 1 N–H and O–H groups in total. The van der Waals surface area contributed by atoms with Crippen LogP contribution >= 0.6 is 34.8 Å². The van der Waals surface area contributed by atoms with Crippen LogP contribution in [0.4, 0.5) is 0 Å². The predicted molar refractivity (Wildman–Crippen MR) is 147 cm³/mol. The van der Waals surface area contributed by atoms with E-state index >= 15 is 0 Å². The van der Waals surface area contributed by atoms with Gasteiger partial charge < -0.3 is 4.90 Å². The van der Waals surface area contributed by atoms with Crippen molar-refractivity contribution in [3.63, 3.8) is 0 Å². The fraction of sp³-hybridized carbons (Fsp3) is 0.462. The zero-order chi connectivity index (χ0) is 27.4. The molecule has 0 radical (unpaired) electrons. The minimum Gasteiger partial charge on any atom is -0.333 e. The number of hydrogen-bond donors (Lipinski definition) is 1. The Labute approximate surface area is 237 Å². The number of rotatable bonds is 6. The monoisotopic (exact) mass is 598 g/mol. The van der Waals surface area contributed by atoms with Gasteiger partial charge in [0.25, 0.3) is 0 Å². The first-order chi connectivity index (χ1) is 18.0. The summed E-state index contributed by atoms with van der Waals surface area (Å²) >= 11 is 18.6. The molecule has 2 aliphatic heterocycles. The molecule has 204 valence electrons. The standard InChI is InChI=1S/C26H29Cl3N4O4S/c1-31(2)22-14-30-26(38(36,37)23-11-10-18(28)13-20(23)29)15-32(19-4-3-5-19)24(34)21(33(26)25(22)35)12-16-6-8-17(27)9-7-16/h6-11,13,19,21-22,30H,3-5,12,14-15H2,1-2H3. The average molecular weight is 600 g/mol. The third-order valence-electron chi connectivity index (χ3n) is 7.86. The normalized spacial score (nSPS) is 26.5. The highest BCUT2D eigenvalue weighted by Crippen LogP contribution is 2.42. The molecule has 3 fully saturated rings. The Hall–Kier alpha value is -1.88. The average Bonchev–Trinajstić information content (AvgIpc) is 2.81. The van der Waals surface area contributed by atoms with Gasteiger partial charge in [-0.2, -0.15) is 0 Å². The number of halogens is 3. The molecule has 12 heteroatoms. The molecular formula is C26H29Cl3N4O4S. The number of nitrogens with one attached hydrogen (secondary N) is 1. The summed E-state index contributed by atoms with van der Waals surface area (Å²) in [5, 5.41) is 4.01. The second-order valence-corrected chi connectivity index (χ2v) is 13.7. The first-order valence-corrected chi connectivity index (χ1v) is 15.1. The highest BCUT2D eigenvalue weighted by molar-refractivity contribution is 7.93. The number of benzene rings is 2. The number of piperazine rings is 1. The fourth-order valence-corrected chi connectivity index (χ4v) is 8.36. The molecule has 0 aromatic heterocycles. The van der Waals surface area contributed by atoms with Gasteiger partial charge in [-0.25, -0.2) is 8.42 Å². The van der Waals surface area contributed by atoms with Crippen LogP contribution in [0.25, 0.3) is 0 Å². The van der Waals surface area contributed by atoms with Crippen LogP contribution in [0.5, 0.6) is 0 Å². The highest BCUT2D eigenvalue weighted by Gasteiger charge is 2.64. The summed E-state index contributed by atoms with van der Waals surface area (Å²) in [6.07, 6.45) is 2.66. The van der Waals surface area contributed by atoms with Crippen molar-refractivity contribution in [2.24, 2.45) is 0 Å². The molecule has 1 aliphatic carbocycles. The number of hydrogen-bond acceptors (Lipinski definition) is 6. The van der Waals surface area contributed by atoms with Gasteiger partial charge in [-0.1, -0.05) is 46.9 Å². The second-order valence-electron chi connectivity index (χ2n) is 10.3. The SMILES string of the molecule is CN(C)C1CNC2(S(=O)(=O)c3ccc(Cl)cc3Cl)CN(C3CCC3)C(=O)C(Cc3ccc(Cl)cc3)N2C1=O. The number of nitrogens with zero attached hydrogens (tertiary/aromatic N) is 3. The van der Waals surface area contributed by atoms with E-state index in [1.807, 2.05) is 0 Å². The van der Waals surface area contributed by atoms with E-state index in [1.165, 1.54) is 23.1 Å². The van der Waals surface area contributed by atoms with E-state index in [4.69, 9.17) is 34.8 Å². The van der Waals surface area contributed by atoms with Crippen molar-refractivity contribution in [3.8, 4) is 0 Å². The van der Waals surface area contributed by atoms with Gasteiger partial charge in [-0.3, -0.25) is 24.7 Å². The molecule has 2 heterocycles. The maximum atomic E-state index is 14.6. The molecular weight excluding hydrogens is 571 g/mol. The Bertz CT molecular complexity index is 1370. The summed E-state index contributed by atoms with van der Waals surface area (Å²) in [6, 6.07) is 9.39. The number of carbonyl (C=O) groups excluding carboxylic acids is 2. The van der Waals surface area contributed by atoms with Gasteiger partial charge in [0.2, 0.25) is 26.6 Å². The van der Waals surface area contributed by atoms with Crippen LogP contribution in [-0.4, -0.2) is 85.2 Å². The summed E-state index contributed by atoms with van der Waals surface area (Å²) in [7, 11) is -0.844. The minimum atomic E-state index is -4.35. The van der Waals surface area contributed by atoms with E-state index in [1.54, 1.807) is 48.2 Å². The zero-order valence-corrected chi connectivity index (χ0v) is 24.1. The molecule has 3 unspecified atom stereocenters. The summed E-state index contributed by atoms with van der Waals surface area (Å²) in [4.78, 5) is 30.8. The number of likely N-dealkylation sites (N-methyl/N-ethyl adjacent to an activating group) is 1. The molecule has 2 aromatic carbocycles. The van der Waals surface area contributed by atoms with Gasteiger partial charge in [-0.15, -0.1) is 0 Å². The van der Waals surface area contributed by atoms with Gasteiger partial charge >= 0.3 is 0 Å². The zero-order valence-electron chi connectivity index (χ0n) is 21.0. The lowest BCUT2D eigenvalue weighted by Gasteiger charge is -2.58. The molecule has 8 nitrogen and oxygen atoms in total. The Morgan fingerprint density at radius 1 is 1.00 bits per heavy atom. The molecule has 1 saturated carbocycles. The van der Waals surface area contributed by atoms with E-state index in [0.29, 0.717) is 10.0 Å². The maximum Gasteiger partial charge on any atom is 0.246 e. The van der Waals surface area contributed by atoms with Gasteiger partial charge in [0.15, 0.2) is 0 Å². The first-order valence-electron chi connectivity index (χ1n) is 12.5. The number of carbonyl (C=O) groups is 2. The number of fused-ring (bicyclic) bond motifs is 1. The topological polar surface area (TPSA) is 90.0 Å². The Balaban J connectivity index is 1.70. The maximum absolute atomic E-state index is 14.6. The first kappa shape index (κ1) is 27.7. The molecule has 3 atom stereocenters. The summed E-state index contributed by atoms with van der Waals surface area (Å²) in [5.74, 6) is -0.685. The Morgan fingerprint density at radius 3 is 2.24 bits per heavy atom. The molecule has 38 heavy (non-hydrogen) atoms. The quantitative estimate of drug-likeness (QED) is 0.547. The third kappa shape index (κ3) is 4.51. The molecule has 3 aliphatic rings. The molecule has 2 amide bonds. The van der Waals surface area contributed by atoms with Gasteiger partial charge in [0.1, 0.15) is 12.1 Å². The molecule has 2 aromatic rings. The van der Waals surface area contributed by atoms with Crippen molar-refractivity contribution in [1.82, 2.24) is 20.0 Å². The lowest BCUT2D eigenvalue weighted by atomic mass is 9.88. The van der Waals surface area contributed by atoms with Crippen LogP contribution in [-0.2, 0) is 25.8 Å². The smallest absolute Gasteiger partial charge is 0.246 e. The van der Waals surface area contributed by atoms with Crippen molar-refractivity contribution in [2.75, 3.05) is 27.2 Å². The van der Waals surface area contributed by atoms with Crippen molar-refractivity contribution < 1.29 is 18.0 Å². The van der Waals surface area contributed by atoms with E-state index in [9.17, 15) is 18.0 Å². The summed E-state index contributed by atoms with van der Waals surface area (Å²) in [5.41, 5.74) is 0.763.